The molecule has 1 aromatic rings. The number of aromatic nitrogens is 2. The van der Waals surface area contributed by atoms with Gasteiger partial charge in [-0.1, -0.05) is 0 Å². The molecule has 0 spiro atoms. The summed E-state index contributed by atoms with van der Waals surface area (Å²) in [6, 6.07) is 0.0884. The van der Waals surface area contributed by atoms with Crippen LogP contribution in [-0.2, 0) is 0 Å². The molecule has 1 aliphatic heterocycles. The predicted octanol–water partition coefficient (Wildman–Crippen LogP) is -0.985. The third kappa shape index (κ3) is 2.35. The molecule has 1 saturated heterocycles. The molecule has 7 nitrogen and oxygen atoms in total. The van der Waals surface area contributed by atoms with Crippen molar-refractivity contribution in [3.8, 4) is 0 Å². The molecule has 1 amide bonds. The summed E-state index contributed by atoms with van der Waals surface area (Å²) in [6.45, 7) is 2.43. The highest BCUT2D eigenvalue weighted by molar-refractivity contribution is 5.93. The number of rotatable bonds is 1. The second-order valence-electron chi connectivity index (χ2n) is 4.62. The fourth-order valence-electron chi connectivity index (χ4n) is 2.23. The van der Waals surface area contributed by atoms with Crippen LogP contribution in [0.15, 0.2) is 15.8 Å². The first-order valence-electron chi connectivity index (χ1n) is 5.87. The smallest absolute Gasteiger partial charge is 0.325 e. The van der Waals surface area contributed by atoms with Crippen LogP contribution in [0.2, 0.25) is 0 Å². The van der Waals surface area contributed by atoms with Gasteiger partial charge < -0.3 is 15.6 Å². The highest BCUT2D eigenvalue weighted by Gasteiger charge is 2.28. The predicted molar refractivity (Wildman–Crippen MR) is 65.4 cm³/mol. The van der Waals surface area contributed by atoms with Crippen molar-refractivity contribution in [2.24, 2.45) is 5.73 Å². The van der Waals surface area contributed by atoms with Gasteiger partial charge in [-0.05, 0) is 19.8 Å². The summed E-state index contributed by atoms with van der Waals surface area (Å²) < 4.78 is 0. The molecule has 7 heteroatoms. The van der Waals surface area contributed by atoms with Crippen LogP contribution in [0.1, 0.15) is 30.1 Å². The molecule has 4 N–H and O–H groups in total. The Bertz CT molecular complexity index is 562. The zero-order valence-corrected chi connectivity index (χ0v) is 10.1. The van der Waals surface area contributed by atoms with Crippen LogP contribution in [0, 0.1) is 0 Å². The van der Waals surface area contributed by atoms with Crippen molar-refractivity contribution in [2.45, 2.75) is 31.8 Å². The summed E-state index contributed by atoms with van der Waals surface area (Å²) >= 11 is 0. The summed E-state index contributed by atoms with van der Waals surface area (Å²) in [5.41, 5.74) is 4.50. The summed E-state index contributed by atoms with van der Waals surface area (Å²) in [5, 5.41) is 0. The molecule has 1 fully saturated rings. The van der Waals surface area contributed by atoms with E-state index in [1.807, 2.05) is 11.9 Å². The second-order valence-corrected chi connectivity index (χ2v) is 4.62. The van der Waals surface area contributed by atoms with Crippen LogP contribution in [0.25, 0.3) is 0 Å². The molecule has 0 saturated carbocycles. The number of carbonyl (C=O) groups is 1. The van der Waals surface area contributed by atoms with Gasteiger partial charge in [0.15, 0.2) is 0 Å². The third-order valence-corrected chi connectivity index (χ3v) is 3.23. The largest absolute Gasteiger partial charge is 0.336 e. The number of carbonyl (C=O) groups excluding carboxylic acids is 1. The van der Waals surface area contributed by atoms with E-state index in [1.54, 1.807) is 4.90 Å². The minimum atomic E-state index is -0.661. The molecule has 2 rings (SSSR count). The fourth-order valence-corrected chi connectivity index (χ4v) is 2.23. The van der Waals surface area contributed by atoms with Crippen LogP contribution in [0.5, 0.6) is 0 Å². The maximum absolute atomic E-state index is 12.2. The van der Waals surface area contributed by atoms with Crippen molar-refractivity contribution >= 4 is 5.91 Å². The van der Waals surface area contributed by atoms with Crippen molar-refractivity contribution in [2.75, 3.05) is 6.54 Å². The molecular formula is C11H16N4O3. The quantitative estimate of drug-likeness (QED) is 0.596. The molecule has 0 radical (unpaired) electrons. The third-order valence-electron chi connectivity index (χ3n) is 3.23. The molecule has 0 aliphatic carbocycles. The van der Waals surface area contributed by atoms with E-state index in [9.17, 15) is 14.4 Å². The molecule has 98 valence electrons. The lowest BCUT2D eigenvalue weighted by molar-refractivity contribution is 0.0616. The van der Waals surface area contributed by atoms with Crippen LogP contribution < -0.4 is 17.0 Å². The average molecular weight is 252 g/mol. The molecule has 1 aromatic heterocycles. The van der Waals surface area contributed by atoms with Gasteiger partial charge in [-0.2, -0.15) is 0 Å². The number of likely N-dealkylation sites (tertiary alicyclic amines) is 1. The van der Waals surface area contributed by atoms with Gasteiger partial charge in [-0.25, -0.2) is 4.79 Å². The van der Waals surface area contributed by atoms with E-state index in [0.717, 1.165) is 12.6 Å². The van der Waals surface area contributed by atoms with E-state index in [0.29, 0.717) is 13.0 Å². The van der Waals surface area contributed by atoms with Gasteiger partial charge in [0.1, 0.15) is 5.56 Å². The Hall–Kier alpha value is -1.89. The first-order chi connectivity index (χ1) is 8.49. The number of nitrogens with two attached hydrogens (primary N) is 1. The van der Waals surface area contributed by atoms with E-state index in [4.69, 9.17) is 5.73 Å². The number of hydrogen-bond donors (Lipinski definition) is 3. The number of hydrogen-bond acceptors (Lipinski definition) is 4. The lowest BCUT2D eigenvalue weighted by Crippen LogP contribution is -2.49. The lowest BCUT2D eigenvalue weighted by Gasteiger charge is -2.36. The summed E-state index contributed by atoms with van der Waals surface area (Å²) in [7, 11) is 0. The Kier molecular flexibility index (Phi) is 3.33. The molecule has 2 atom stereocenters. The maximum atomic E-state index is 12.2. The Morgan fingerprint density at radius 1 is 1.50 bits per heavy atom. The maximum Gasteiger partial charge on any atom is 0.325 e. The topological polar surface area (TPSA) is 112 Å². The van der Waals surface area contributed by atoms with Gasteiger partial charge in [0.25, 0.3) is 11.5 Å². The molecule has 18 heavy (non-hydrogen) atoms. The minimum absolute atomic E-state index is 0.00687. The molecule has 0 aromatic carbocycles. The monoisotopic (exact) mass is 252 g/mol. The van der Waals surface area contributed by atoms with Crippen LogP contribution in [0.4, 0.5) is 0 Å². The summed E-state index contributed by atoms with van der Waals surface area (Å²) in [5.74, 6) is -0.369. The molecular weight excluding hydrogens is 236 g/mol. The Morgan fingerprint density at radius 2 is 2.22 bits per heavy atom. The average Bonchev–Trinajstić information content (AvgIpc) is 2.28. The fraction of sp³-hybridized carbons (Fsp3) is 0.545. The highest BCUT2D eigenvalue weighted by atomic mass is 16.2. The van der Waals surface area contributed by atoms with E-state index in [1.165, 1.54) is 0 Å². The number of nitrogens with one attached hydrogen (secondary N) is 2. The van der Waals surface area contributed by atoms with Gasteiger partial charge in [-0.15, -0.1) is 0 Å². The number of H-pyrrole nitrogens is 2. The van der Waals surface area contributed by atoms with Crippen molar-refractivity contribution in [1.29, 1.82) is 0 Å². The number of amides is 1. The van der Waals surface area contributed by atoms with Crippen molar-refractivity contribution in [1.82, 2.24) is 14.9 Å². The minimum Gasteiger partial charge on any atom is -0.336 e. The highest BCUT2D eigenvalue weighted by Crippen LogP contribution is 2.17. The molecule has 1 aliphatic rings. The van der Waals surface area contributed by atoms with Crippen molar-refractivity contribution in [3.63, 3.8) is 0 Å². The first kappa shape index (κ1) is 12.6. The van der Waals surface area contributed by atoms with Gasteiger partial charge in [0.05, 0.1) is 0 Å². The van der Waals surface area contributed by atoms with Crippen molar-refractivity contribution < 1.29 is 4.79 Å². The number of piperidine rings is 1. The Labute approximate surface area is 103 Å². The molecule has 2 unspecified atom stereocenters. The van der Waals surface area contributed by atoms with Gasteiger partial charge in [0, 0.05) is 24.8 Å². The van der Waals surface area contributed by atoms with Gasteiger partial charge in [0.2, 0.25) is 0 Å². The van der Waals surface area contributed by atoms with E-state index < -0.39 is 11.2 Å². The standard InChI is InChI=1S/C11H16N4O3/c1-6-4-7(12)2-3-15(6)10(17)8-5-13-11(18)14-9(8)16/h5-7H,2-4,12H2,1H3,(H2,13,14,16,18). The van der Waals surface area contributed by atoms with Gasteiger partial charge in [-0.3, -0.25) is 14.6 Å². The SMILES string of the molecule is CC1CC(N)CCN1C(=O)c1c[nH]c(=O)[nH]c1=O. The Balaban J connectivity index is 2.26. The number of nitrogens with zero attached hydrogens (tertiary/aromatic N) is 1. The van der Waals surface area contributed by atoms with E-state index >= 15 is 0 Å². The zero-order valence-electron chi connectivity index (χ0n) is 10.1. The number of aromatic amines is 2. The van der Waals surface area contributed by atoms with Crippen LogP contribution >= 0.6 is 0 Å². The Morgan fingerprint density at radius 3 is 2.83 bits per heavy atom. The summed E-state index contributed by atoms with van der Waals surface area (Å²) in [6.07, 6.45) is 2.59. The molecule has 0 bridgehead atoms. The van der Waals surface area contributed by atoms with Gasteiger partial charge >= 0.3 is 5.69 Å². The zero-order chi connectivity index (χ0) is 13.3. The normalized spacial score (nSPS) is 24.0. The lowest BCUT2D eigenvalue weighted by atomic mass is 9.98. The van der Waals surface area contributed by atoms with Crippen molar-refractivity contribution in [3.05, 3.63) is 32.6 Å². The van der Waals surface area contributed by atoms with Crippen LogP contribution in [-0.4, -0.2) is 39.4 Å². The van der Waals surface area contributed by atoms with E-state index in [-0.39, 0.29) is 23.6 Å². The molecule has 2 heterocycles. The van der Waals surface area contributed by atoms with E-state index in [2.05, 4.69) is 4.98 Å². The second kappa shape index (κ2) is 4.77. The first-order valence-corrected chi connectivity index (χ1v) is 5.87. The summed E-state index contributed by atoms with van der Waals surface area (Å²) in [4.78, 5) is 40.6. The van der Waals surface area contributed by atoms with Crippen LogP contribution in [0.3, 0.4) is 0 Å².